The Morgan fingerprint density at radius 3 is 2.44 bits per heavy atom. The van der Waals surface area contributed by atoms with Gasteiger partial charge >= 0.3 is 5.97 Å². The number of benzene rings is 3. The molecule has 0 unspecified atom stereocenters. The van der Waals surface area contributed by atoms with Crippen LogP contribution in [0, 0.1) is 22.7 Å². The van der Waals surface area contributed by atoms with Crippen molar-refractivity contribution >= 4 is 23.6 Å². The monoisotopic (exact) mass is 423 g/mol. The van der Waals surface area contributed by atoms with Crippen molar-refractivity contribution in [3.05, 3.63) is 101 Å². The van der Waals surface area contributed by atoms with Gasteiger partial charge in [-0.25, -0.2) is 4.79 Å². The topological polar surface area (TPSA) is 123 Å². The Bertz CT molecular complexity index is 1270. The summed E-state index contributed by atoms with van der Waals surface area (Å²) in [5.74, 6) is -1.19. The van der Waals surface area contributed by atoms with Gasteiger partial charge in [0.25, 0.3) is 5.91 Å². The number of carboxylic acid groups (broad SMARTS) is 1. The molecule has 0 saturated carbocycles. The average Bonchev–Trinajstić information content (AvgIpc) is 2.82. The van der Waals surface area contributed by atoms with E-state index in [4.69, 9.17) is 15.1 Å². The predicted molar refractivity (Wildman–Crippen MR) is 118 cm³/mol. The van der Waals surface area contributed by atoms with Crippen molar-refractivity contribution in [3.63, 3.8) is 0 Å². The van der Waals surface area contributed by atoms with E-state index in [0.717, 1.165) is 5.56 Å². The highest BCUT2D eigenvalue weighted by atomic mass is 16.5. The zero-order chi connectivity index (χ0) is 22.9. The number of hydrogen-bond acceptors (Lipinski definition) is 5. The molecule has 0 fully saturated rings. The fourth-order valence-electron chi connectivity index (χ4n) is 2.82. The van der Waals surface area contributed by atoms with Gasteiger partial charge in [-0.3, -0.25) is 4.79 Å². The van der Waals surface area contributed by atoms with Crippen LogP contribution in [0.15, 0.2) is 78.4 Å². The molecule has 0 bridgehead atoms. The summed E-state index contributed by atoms with van der Waals surface area (Å²) in [6.07, 6.45) is 1.42. The van der Waals surface area contributed by atoms with E-state index in [1.54, 1.807) is 36.4 Å². The van der Waals surface area contributed by atoms with E-state index in [1.807, 2.05) is 18.2 Å². The maximum Gasteiger partial charge on any atom is 0.335 e. The summed E-state index contributed by atoms with van der Waals surface area (Å²) in [5, 5.41) is 30.1. The number of carbonyl (C=O) groups is 2. The number of hydrogen-bond donors (Lipinski definition) is 2. The summed E-state index contributed by atoms with van der Waals surface area (Å²) in [6, 6.07) is 23.7. The average molecular weight is 423 g/mol. The number of nitriles is 2. The molecule has 0 aromatic heterocycles. The summed E-state index contributed by atoms with van der Waals surface area (Å²) in [6.45, 7) is 0.236. The Morgan fingerprint density at radius 1 is 1.00 bits per heavy atom. The minimum Gasteiger partial charge on any atom is -0.489 e. The number of nitrogens with zero attached hydrogens (tertiary/aromatic N) is 2. The molecular weight excluding hydrogens is 406 g/mol. The molecular formula is C25H17N3O4. The van der Waals surface area contributed by atoms with Gasteiger partial charge in [0.05, 0.1) is 17.2 Å². The highest BCUT2D eigenvalue weighted by Crippen LogP contribution is 2.18. The lowest BCUT2D eigenvalue weighted by molar-refractivity contribution is -0.112. The van der Waals surface area contributed by atoms with Gasteiger partial charge in [0.15, 0.2) is 0 Å². The van der Waals surface area contributed by atoms with E-state index in [0.29, 0.717) is 16.9 Å². The van der Waals surface area contributed by atoms with Crippen LogP contribution in [0.2, 0.25) is 0 Å². The molecule has 3 aromatic carbocycles. The van der Waals surface area contributed by atoms with Crippen LogP contribution in [0.3, 0.4) is 0 Å². The number of ether oxygens (including phenoxy) is 1. The molecule has 0 heterocycles. The van der Waals surface area contributed by atoms with Gasteiger partial charge in [-0.1, -0.05) is 36.4 Å². The van der Waals surface area contributed by atoms with Crippen molar-refractivity contribution in [3.8, 4) is 17.9 Å². The second-order valence-corrected chi connectivity index (χ2v) is 6.64. The first-order valence-electron chi connectivity index (χ1n) is 9.47. The molecule has 0 saturated heterocycles. The molecule has 0 radical (unpaired) electrons. The van der Waals surface area contributed by atoms with Crippen molar-refractivity contribution in [2.45, 2.75) is 6.61 Å². The van der Waals surface area contributed by atoms with E-state index in [9.17, 15) is 14.9 Å². The molecule has 0 spiro atoms. The number of carboxylic acids is 1. The minimum absolute atomic E-state index is 0.0262. The molecule has 3 aromatic rings. The molecule has 2 N–H and O–H groups in total. The van der Waals surface area contributed by atoms with E-state index in [2.05, 4.69) is 11.4 Å². The second-order valence-electron chi connectivity index (χ2n) is 6.64. The first-order chi connectivity index (χ1) is 15.5. The van der Waals surface area contributed by atoms with Crippen LogP contribution in [0.25, 0.3) is 6.08 Å². The summed E-state index contributed by atoms with van der Waals surface area (Å²) >= 11 is 0. The molecule has 156 valence electrons. The fourth-order valence-corrected chi connectivity index (χ4v) is 2.82. The molecule has 32 heavy (non-hydrogen) atoms. The maximum absolute atomic E-state index is 12.4. The summed E-state index contributed by atoms with van der Waals surface area (Å²) in [5.41, 5.74) is 2.10. The summed E-state index contributed by atoms with van der Waals surface area (Å²) in [4.78, 5) is 23.5. The molecule has 0 atom stereocenters. The maximum atomic E-state index is 12.4. The van der Waals surface area contributed by atoms with Gasteiger partial charge in [-0.15, -0.1) is 0 Å². The van der Waals surface area contributed by atoms with Gasteiger partial charge in [0, 0.05) is 11.3 Å². The van der Waals surface area contributed by atoms with E-state index >= 15 is 0 Å². The standard InChI is InChI=1S/C25H17N3O4/c26-14-19-4-1-2-5-20(19)16-32-23-10-8-17(9-11-23)12-21(15-27)24(29)28-22-7-3-6-18(13-22)25(30)31/h1-13H,16H2,(H,28,29)(H,30,31)/b21-12-. The van der Waals surface area contributed by atoms with Gasteiger partial charge < -0.3 is 15.2 Å². The third-order valence-electron chi connectivity index (χ3n) is 4.46. The van der Waals surface area contributed by atoms with Crippen LogP contribution in [0.4, 0.5) is 5.69 Å². The lowest BCUT2D eigenvalue weighted by atomic mass is 10.1. The number of nitrogens with one attached hydrogen (secondary N) is 1. The number of rotatable bonds is 7. The number of anilines is 1. The summed E-state index contributed by atoms with van der Waals surface area (Å²) < 4.78 is 5.71. The van der Waals surface area contributed by atoms with Crippen molar-refractivity contribution < 1.29 is 19.4 Å². The van der Waals surface area contributed by atoms with Crippen LogP contribution in [0.1, 0.15) is 27.0 Å². The normalized spacial score (nSPS) is 10.5. The number of carbonyl (C=O) groups excluding carboxylic acids is 1. The van der Waals surface area contributed by atoms with Crippen LogP contribution in [-0.2, 0) is 11.4 Å². The third-order valence-corrected chi connectivity index (χ3v) is 4.46. The van der Waals surface area contributed by atoms with Crippen molar-refractivity contribution in [2.24, 2.45) is 0 Å². The molecule has 1 amide bonds. The minimum atomic E-state index is -1.12. The van der Waals surface area contributed by atoms with Crippen LogP contribution >= 0.6 is 0 Å². The largest absolute Gasteiger partial charge is 0.489 e. The highest BCUT2D eigenvalue weighted by molar-refractivity contribution is 6.10. The first-order valence-corrected chi connectivity index (χ1v) is 9.47. The second kappa shape index (κ2) is 10.2. The Labute approximate surface area is 184 Å². The molecule has 0 aliphatic heterocycles. The van der Waals surface area contributed by atoms with Crippen LogP contribution in [0.5, 0.6) is 5.75 Å². The lowest BCUT2D eigenvalue weighted by Gasteiger charge is -2.08. The molecule has 3 rings (SSSR count). The van der Waals surface area contributed by atoms with Gasteiger partial charge in [-0.2, -0.15) is 10.5 Å². The number of aromatic carboxylic acids is 1. The Morgan fingerprint density at radius 2 is 1.75 bits per heavy atom. The lowest BCUT2D eigenvalue weighted by Crippen LogP contribution is -2.13. The number of amides is 1. The Balaban J connectivity index is 1.67. The van der Waals surface area contributed by atoms with Gasteiger partial charge in [0.2, 0.25) is 0 Å². The first kappa shape index (κ1) is 21.8. The fraction of sp³-hybridized carbons (Fsp3) is 0.0400. The van der Waals surface area contributed by atoms with Gasteiger partial charge in [-0.05, 0) is 48.0 Å². The van der Waals surface area contributed by atoms with E-state index in [1.165, 1.54) is 30.3 Å². The van der Waals surface area contributed by atoms with Crippen LogP contribution in [-0.4, -0.2) is 17.0 Å². The van der Waals surface area contributed by atoms with Crippen LogP contribution < -0.4 is 10.1 Å². The van der Waals surface area contributed by atoms with E-state index in [-0.39, 0.29) is 23.4 Å². The van der Waals surface area contributed by atoms with E-state index < -0.39 is 11.9 Å². The van der Waals surface area contributed by atoms with Crippen molar-refractivity contribution in [2.75, 3.05) is 5.32 Å². The van der Waals surface area contributed by atoms with Crippen molar-refractivity contribution in [1.29, 1.82) is 10.5 Å². The quantitative estimate of drug-likeness (QED) is 0.429. The predicted octanol–water partition coefficient (Wildman–Crippen LogP) is 4.38. The summed E-state index contributed by atoms with van der Waals surface area (Å²) in [7, 11) is 0. The third kappa shape index (κ3) is 5.59. The molecule has 7 heteroatoms. The van der Waals surface area contributed by atoms with Gasteiger partial charge in [0.1, 0.15) is 24.0 Å². The molecule has 7 nitrogen and oxygen atoms in total. The Kier molecular flexibility index (Phi) is 6.98. The molecule has 0 aliphatic rings. The zero-order valence-electron chi connectivity index (χ0n) is 16.8. The molecule has 0 aliphatic carbocycles. The zero-order valence-corrected chi connectivity index (χ0v) is 16.8. The Hall–Kier alpha value is -4.88. The highest BCUT2D eigenvalue weighted by Gasteiger charge is 2.11. The smallest absolute Gasteiger partial charge is 0.335 e. The van der Waals surface area contributed by atoms with Crippen molar-refractivity contribution in [1.82, 2.24) is 0 Å². The SMILES string of the molecule is N#C/C(=C/c1ccc(OCc2ccccc2C#N)cc1)C(=O)Nc1cccc(C(=O)O)c1.